The molecule has 8 heteroatoms. The number of carbonyl (C=O) groups is 1. The van der Waals surface area contributed by atoms with Crippen LogP contribution in [0.1, 0.15) is 54.1 Å². The number of rotatable bonds is 9. The number of hydrogen-bond donors (Lipinski definition) is 1. The second-order valence-corrected chi connectivity index (χ2v) is 9.01. The lowest BCUT2D eigenvalue weighted by Crippen LogP contribution is -2.33. The number of esters is 1. The summed E-state index contributed by atoms with van der Waals surface area (Å²) in [6.45, 7) is 3.53. The number of H-pyrrole nitrogens is 1. The second-order valence-electron chi connectivity index (χ2n) is 9.01. The molecule has 0 radical (unpaired) electrons. The fourth-order valence-electron chi connectivity index (χ4n) is 4.87. The molecule has 186 valence electrons. The Morgan fingerprint density at radius 3 is 2.40 bits per heavy atom. The SMILES string of the molecule is COC(=O)c1[nH]c(=O)n(CCCCCN2CCC(c3ccccc3)CC2)c1-c1ccc(F)c(F)c1. The Kier molecular flexibility index (Phi) is 8.13. The molecule has 2 heterocycles. The Labute approximate surface area is 203 Å². The van der Waals surface area contributed by atoms with Gasteiger partial charge in [0.05, 0.1) is 12.8 Å². The van der Waals surface area contributed by atoms with Gasteiger partial charge in [0.25, 0.3) is 0 Å². The maximum atomic E-state index is 13.9. The van der Waals surface area contributed by atoms with Crippen molar-refractivity contribution in [3.63, 3.8) is 0 Å². The largest absolute Gasteiger partial charge is 0.464 e. The molecule has 6 nitrogen and oxygen atoms in total. The smallest absolute Gasteiger partial charge is 0.356 e. The summed E-state index contributed by atoms with van der Waals surface area (Å²) in [6.07, 6.45) is 4.95. The van der Waals surface area contributed by atoms with Crippen molar-refractivity contribution in [3.8, 4) is 11.3 Å². The van der Waals surface area contributed by atoms with Crippen molar-refractivity contribution in [1.29, 1.82) is 0 Å². The standard InChI is InChI=1S/C27H31F2N3O3/c1-35-26(33)24-25(21-10-11-22(28)23(29)18-21)32(27(34)30-24)15-7-3-6-14-31-16-12-20(13-17-31)19-8-4-2-5-9-19/h2,4-5,8-11,18,20H,3,6-7,12-17H2,1H3,(H,30,34). The molecule has 1 fully saturated rings. The molecule has 0 atom stereocenters. The molecule has 0 spiro atoms. The molecule has 0 unspecified atom stereocenters. The normalized spacial score (nSPS) is 14.8. The topological polar surface area (TPSA) is 67.3 Å². The molecule has 1 aliphatic rings. The number of piperidine rings is 1. The van der Waals surface area contributed by atoms with Gasteiger partial charge in [-0.25, -0.2) is 18.4 Å². The number of aromatic nitrogens is 2. The highest BCUT2D eigenvalue weighted by molar-refractivity contribution is 5.94. The third kappa shape index (κ3) is 5.88. The van der Waals surface area contributed by atoms with Crippen LogP contribution in [0, 0.1) is 11.6 Å². The number of benzene rings is 2. The van der Waals surface area contributed by atoms with Crippen molar-refractivity contribution in [1.82, 2.24) is 14.5 Å². The maximum absolute atomic E-state index is 13.9. The van der Waals surface area contributed by atoms with E-state index in [0.29, 0.717) is 12.5 Å². The Bertz CT molecular complexity index is 1200. The van der Waals surface area contributed by atoms with Crippen LogP contribution < -0.4 is 5.69 Å². The summed E-state index contributed by atoms with van der Waals surface area (Å²) in [4.78, 5) is 29.8. The zero-order valence-corrected chi connectivity index (χ0v) is 19.9. The highest BCUT2D eigenvalue weighted by Crippen LogP contribution is 2.28. The summed E-state index contributed by atoms with van der Waals surface area (Å²) < 4.78 is 33.5. The van der Waals surface area contributed by atoms with Gasteiger partial charge in [-0.05, 0) is 75.0 Å². The number of imidazole rings is 1. The van der Waals surface area contributed by atoms with Crippen LogP contribution in [0.5, 0.6) is 0 Å². The van der Waals surface area contributed by atoms with Crippen molar-refractivity contribution in [3.05, 3.63) is 81.9 Å². The minimum atomic E-state index is -1.05. The van der Waals surface area contributed by atoms with E-state index in [1.165, 1.54) is 23.3 Å². The lowest BCUT2D eigenvalue weighted by molar-refractivity contribution is 0.0595. The lowest BCUT2D eigenvalue weighted by Gasteiger charge is -2.32. The summed E-state index contributed by atoms with van der Waals surface area (Å²) in [5, 5.41) is 0. The van der Waals surface area contributed by atoms with Crippen LogP contribution in [0.15, 0.2) is 53.3 Å². The first-order chi connectivity index (χ1) is 17.0. The molecule has 0 amide bonds. The van der Waals surface area contributed by atoms with Crippen molar-refractivity contribution >= 4 is 5.97 Å². The van der Waals surface area contributed by atoms with Crippen LogP contribution in [0.25, 0.3) is 11.3 Å². The Hall–Kier alpha value is -3.26. The maximum Gasteiger partial charge on any atom is 0.356 e. The fourth-order valence-corrected chi connectivity index (χ4v) is 4.87. The molecule has 1 aromatic heterocycles. The number of carbonyl (C=O) groups excluding carboxylic acids is 1. The molecule has 2 aromatic carbocycles. The minimum Gasteiger partial charge on any atom is -0.464 e. The molecule has 0 bridgehead atoms. The Morgan fingerprint density at radius 2 is 1.71 bits per heavy atom. The van der Waals surface area contributed by atoms with E-state index in [-0.39, 0.29) is 17.0 Å². The zero-order chi connectivity index (χ0) is 24.8. The van der Waals surface area contributed by atoms with Gasteiger partial charge in [0.15, 0.2) is 17.3 Å². The number of ether oxygens (including phenoxy) is 1. The first-order valence-electron chi connectivity index (χ1n) is 12.1. The van der Waals surface area contributed by atoms with E-state index in [9.17, 15) is 18.4 Å². The number of likely N-dealkylation sites (tertiary alicyclic amines) is 1. The highest BCUT2D eigenvalue weighted by Gasteiger charge is 2.23. The van der Waals surface area contributed by atoms with E-state index < -0.39 is 23.3 Å². The van der Waals surface area contributed by atoms with Gasteiger partial charge in [0.1, 0.15) is 0 Å². The van der Waals surface area contributed by atoms with E-state index in [0.717, 1.165) is 63.9 Å². The quantitative estimate of drug-likeness (QED) is 0.345. The predicted molar refractivity (Wildman–Crippen MR) is 130 cm³/mol. The Balaban J connectivity index is 1.33. The molecular weight excluding hydrogens is 452 g/mol. The summed E-state index contributed by atoms with van der Waals surface area (Å²) in [5.74, 6) is -2.15. The van der Waals surface area contributed by atoms with E-state index >= 15 is 0 Å². The van der Waals surface area contributed by atoms with Crippen LogP contribution in [-0.2, 0) is 11.3 Å². The average molecular weight is 484 g/mol. The van der Waals surface area contributed by atoms with Gasteiger partial charge >= 0.3 is 11.7 Å². The highest BCUT2D eigenvalue weighted by atomic mass is 19.2. The summed E-state index contributed by atoms with van der Waals surface area (Å²) >= 11 is 0. The number of aromatic amines is 1. The number of halogens is 2. The number of methoxy groups -OCH3 is 1. The third-order valence-corrected chi connectivity index (χ3v) is 6.78. The predicted octanol–water partition coefficient (Wildman–Crippen LogP) is 4.96. The molecule has 35 heavy (non-hydrogen) atoms. The number of nitrogens with zero attached hydrogens (tertiary/aromatic N) is 2. The molecule has 4 rings (SSSR count). The van der Waals surface area contributed by atoms with Crippen LogP contribution in [-0.4, -0.2) is 47.2 Å². The zero-order valence-electron chi connectivity index (χ0n) is 19.9. The molecule has 1 aliphatic heterocycles. The summed E-state index contributed by atoms with van der Waals surface area (Å²) in [5.41, 5.74) is 1.33. The molecule has 0 saturated carbocycles. The summed E-state index contributed by atoms with van der Waals surface area (Å²) in [7, 11) is 1.20. The van der Waals surface area contributed by atoms with Crippen LogP contribution in [0.4, 0.5) is 8.78 Å². The number of hydrogen-bond acceptors (Lipinski definition) is 4. The van der Waals surface area contributed by atoms with Gasteiger partial charge in [-0.1, -0.05) is 36.8 Å². The van der Waals surface area contributed by atoms with E-state index in [1.54, 1.807) is 0 Å². The second kappa shape index (κ2) is 11.4. The molecule has 1 N–H and O–H groups in total. The molecule has 3 aromatic rings. The van der Waals surface area contributed by atoms with Gasteiger partial charge in [-0.3, -0.25) is 9.55 Å². The molecule has 1 saturated heterocycles. The average Bonchev–Trinajstić information content (AvgIpc) is 3.22. The van der Waals surface area contributed by atoms with Gasteiger partial charge in [-0.2, -0.15) is 0 Å². The van der Waals surface area contributed by atoms with Crippen molar-refractivity contribution in [2.45, 2.75) is 44.6 Å². The van der Waals surface area contributed by atoms with Gasteiger partial charge < -0.3 is 9.64 Å². The van der Waals surface area contributed by atoms with E-state index in [2.05, 4.69) is 40.2 Å². The van der Waals surface area contributed by atoms with E-state index in [1.807, 2.05) is 0 Å². The lowest BCUT2D eigenvalue weighted by atomic mass is 9.89. The first-order valence-corrected chi connectivity index (χ1v) is 12.1. The first kappa shape index (κ1) is 24.9. The van der Waals surface area contributed by atoms with Crippen LogP contribution in [0.2, 0.25) is 0 Å². The minimum absolute atomic E-state index is 0.0650. The van der Waals surface area contributed by atoms with Gasteiger partial charge in [0.2, 0.25) is 0 Å². The number of nitrogens with one attached hydrogen (secondary N) is 1. The monoisotopic (exact) mass is 483 g/mol. The van der Waals surface area contributed by atoms with Crippen molar-refractivity contribution in [2.24, 2.45) is 0 Å². The molecular formula is C27H31F2N3O3. The molecule has 0 aliphatic carbocycles. The third-order valence-electron chi connectivity index (χ3n) is 6.78. The van der Waals surface area contributed by atoms with E-state index in [4.69, 9.17) is 4.74 Å². The van der Waals surface area contributed by atoms with Crippen LogP contribution >= 0.6 is 0 Å². The van der Waals surface area contributed by atoms with Crippen molar-refractivity contribution < 1.29 is 18.3 Å². The van der Waals surface area contributed by atoms with Gasteiger partial charge in [-0.15, -0.1) is 0 Å². The van der Waals surface area contributed by atoms with Gasteiger partial charge in [0, 0.05) is 12.1 Å². The number of unbranched alkanes of at least 4 members (excludes halogenated alkanes) is 2. The fraction of sp³-hybridized carbons (Fsp3) is 0.407. The summed E-state index contributed by atoms with van der Waals surface area (Å²) in [6, 6.07) is 14.0. The van der Waals surface area contributed by atoms with Crippen molar-refractivity contribution in [2.75, 3.05) is 26.7 Å². The van der Waals surface area contributed by atoms with Crippen LogP contribution in [0.3, 0.4) is 0 Å². The Morgan fingerprint density at radius 1 is 1.00 bits per heavy atom.